The molecule has 3 rings (SSSR count). The summed E-state index contributed by atoms with van der Waals surface area (Å²) in [6.45, 7) is 6.04. The first kappa shape index (κ1) is 15.8. The van der Waals surface area contributed by atoms with E-state index in [0.29, 0.717) is 0 Å². The maximum atomic E-state index is 5.83. The molecule has 1 fully saturated rings. The van der Waals surface area contributed by atoms with Crippen molar-refractivity contribution in [3.63, 3.8) is 0 Å². The standard InChI is InChI=1S/C16H20BrN3OS/c17-14-3-1-4-15(13-14)21-11-10-19-6-2-7-20(9-8-19)16-18-5-12-22-16/h1,3-5,12-13H,2,6-11H2. The van der Waals surface area contributed by atoms with E-state index in [9.17, 15) is 0 Å². The highest BCUT2D eigenvalue weighted by atomic mass is 79.9. The van der Waals surface area contributed by atoms with Gasteiger partial charge in [0.25, 0.3) is 0 Å². The molecule has 1 saturated heterocycles. The summed E-state index contributed by atoms with van der Waals surface area (Å²) in [5.74, 6) is 0.925. The van der Waals surface area contributed by atoms with Crippen molar-refractivity contribution in [1.29, 1.82) is 0 Å². The Balaban J connectivity index is 1.44. The van der Waals surface area contributed by atoms with E-state index >= 15 is 0 Å². The van der Waals surface area contributed by atoms with Crippen molar-refractivity contribution < 1.29 is 4.74 Å². The van der Waals surface area contributed by atoms with Crippen molar-refractivity contribution in [2.75, 3.05) is 44.2 Å². The summed E-state index contributed by atoms with van der Waals surface area (Å²) < 4.78 is 6.89. The van der Waals surface area contributed by atoms with Gasteiger partial charge in [-0.3, -0.25) is 4.90 Å². The molecular formula is C16H20BrN3OS. The number of ether oxygens (including phenoxy) is 1. The number of benzene rings is 1. The molecule has 2 aromatic rings. The summed E-state index contributed by atoms with van der Waals surface area (Å²) >= 11 is 5.19. The van der Waals surface area contributed by atoms with Crippen molar-refractivity contribution in [2.24, 2.45) is 0 Å². The topological polar surface area (TPSA) is 28.6 Å². The van der Waals surface area contributed by atoms with Crippen molar-refractivity contribution in [3.8, 4) is 5.75 Å². The molecule has 0 aliphatic carbocycles. The van der Waals surface area contributed by atoms with Crippen molar-refractivity contribution >= 4 is 32.4 Å². The van der Waals surface area contributed by atoms with Crippen LogP contribution in [0.3, 0.4) is 0 Å². The van der Waals surface area contributed by atoms with E-state index in [4.69, 9.17) is 4.74 Å². The summed E-state index contributed by atoms with van der Waals surface area (Å²) in [6, 6.07) is 8.01. The Labute approximate surface area is 143 Å². The fourth-order valence-corrected chi connectivity index (χ4v) is 3.68. The first-order valence-corrected chi connectivity index (χ1v) is 9.24. The fraction of sp³-hybridized carbons (Fsp3) is 0.438. The molecule has 0 amide bonds. The van der Waals surface area contributed by atoms with Crippen LogP contribution in [0.1, 0.15) is 6.42 Å². The monoisotopic (exact) mass is 381 g/mol. The predicted molar refractivity (Wildman–Crippen MR) is 95.0 cm³/mol. The van der Waals surface area contributed by atoms with Crippen LogP contribution >= 0.6 is 27.3 Å². The molecular weight excluding hydrogens is 362 g/mol. The van der Waals surface area contributed by atoms with Gasteiger partial charge >= 0.3 is 0 Å². The number of anilines is 1. The number of thiazole rings is 1. The lowest BCUT2D eigenvalue weighted by atomic mass is 10.3. The van der Waals surface area contributed by atoms with Gasteiger partial charge in [0.15, 0.2) is 5.13 Å². The van der Waals surface area contributed by atoms with E-state index in [0.717, 1.165) is 54.7 Å². The zero-order valence-corrected chi connectivity index (χ0v) is 14.9. The minimum absolute atomic E-state index is 0.730. The first-order valence-electron chi connectivity index (χ1n) is 7.56. The molecule has 1 aliphatic heterocycles. The number of nitrogens with zero attached hydrogens (tertiary/aromatic N) is 3. The second kappa shape index (κ2) is 7.94. The van der Waals surface area contributed by atoms with Gasteiger partial charge in [-0.15, -0.1) is 11.3 Å². The molecule has 0 saturated carbocycles. The summed E-state index contributed by atoms with van der Waals surface area (Å²) in [6.07, 6.45) is 3.06. The van der Waals surface area contributed by atoms with E-state index in [2.05, 4.69) is 30.7 Å². The Bertz CT molecular complexity index is 579. The molecule has 4 nitrogen and oxygen atoms in total. The molecule has 2 heterocycles. The normalized spacial score (nSPS) is 16.5. The molecule has 0 N–H and O–H groups in total. The Hall–Kier alpha value is -1.11. The average molecular weight is 382 g/mol. The van der Waals surface area contributed by atoms with Crippen LogP contribution in [-0.2, 0) is 0 Å². The zero-order valence-electron chi connectivity index (χ0n) is 12.4. The highest BCUT2D eigenvalue weighted by molar-refractivity contribution is 9.10. The lowest BCUT2D eigenvalue weighted by molar-refractivity contribution is 0.218. The summed E-state index contributed by atoms with van der Waals surface area (Å²) in [5, 5.41) is 3.19. The Kier molecular flexibility index (Phi) is 5.70. The third-order valence-corrected chi connectivity index (χ3v) is 5.08. The molecule has 118 valence electrons. The van der Waals surface area contributed by atoms with Crippen LogP contribution in [-0.4, -0.2) is 49.2 Å². The van der Waals surface area contributed by atoms with Gasteiger partial charge in [-0.1, -0.05) is 22.0 Å². The van der Waals surface area contributed by atoms with Crippen LogP contribution in [0.4, 0.5) is 5.13 Å². The lowest BCUT2D eigenvalue weighted by Crippen LogP contribution is -2.33. The summed E-state index contributed by atoms with van der Waals surface area (Å²) in [5.41, 5.74) is 0. The van der Waals surface area contributed by atoms with Crippen molar-refractivity contribution in [1.82, 2.24) is 9.88 Å². The number of hydrogen-bond acceptors (Lipinski definition) is 5. The number of hydrogen-bond donors (Lipinski definition) is 0. The van der Waals surface area contributed by atoms with Crippen LogP contribution < -0.4 is 9.64 Å². The van der Waals surface area contributed by atoms with Gasteiger partial charge in [0.2, 0.25) is 0 Å². The van der Waals surface area contributed by atoms with Gasteiger partial charge < -0.3 is 9.64 Å². The zero-order chi connectivity index (χ0) is 15.2. The van der Waals surface area contributed by atoms with Gasteiger partial charge in [0.05, 0.1) is 0 Å². The molecule has 1 aromatic carbocycles. The van der Waals surface area contributed by atoms with Gasteiger partial charge in [0.1, 0.15) is 12.4 Å². The molecule has 0 radical (unpaired) electrons. The molecule has 0 spiro atoms. The van der Waals surface area contributed by atoms with Gasteiger partial charge in [-0.25, -0.2) is 4.98 Å². The van der Waals surface area contributed by atoms with E-state index in [1.165, 1.54) is 6.42 Å². The average Bonchev–Trinajstić information content (AvgIpc) is 2.95. The van der Waals surface area contributed by atoms with Crippen molar-refractivity contribution in [3.05, 3.63) is 40.3 Å². The fourth-order valence-electron chi connectivity index (χ4n) is 2.61. The van der Waals surface area contributed by atoms with Gasteiger partial charge in [-0.2, -0.15) is 0 Å². The van der Waals surface area contributed by atoms with E-state index in [1.54, 1.807) is 11.3 Å². The third-order valence-electron chi connectivity index (χ3n) is 3.75. The Morgan fingerprint density at radius 1 is 1.23 bits per heavy atom. The van der Waals surface area contributed by atoms with Crippen LogP contribution in [0, 0.1) is 0 Å². The molecule has 0 atom stereocenters. The quantitative estimate of drug-likeness (QED) is 0.792. The van der Waals surface area contributed by atoms with E-state index in [1.807, 2.05) is 35.8 Å². The number of halogens is 1. The van der Waals surface area contributed by atoms with Crippen LogP contribution in [0.15, 0.2) is 40.3 Å². The summed E-state index contributed by atoms with van der Waals surface area (Å²) in [4.78, 5) is 9.28. The van der Waals surface area contributed by atoms with Gasteiger partial charge in [0, 0.05) is 48.8 Å². The van der Waals surface area contributed by atoms with E-state index in [-0.39, 0.29) is 0 Å². The molecule has 6 heteroatoms. The largest absolute Gasteiger partial charge is 0.492 e. The van der Waals surface area contributed by atoms with Gasteiger partial charge in [-0.05, 0) is 24.6 Å². The first-order chi connectivity index (χ1) is 10.8. The molecule has 1 aliphatic rings. The molecule has 0 bridgehead atoms. The third kappa shape index (κ3) is 4.44. The maximum Gasteiger partial charge on any atom is 0.185 e. The SMILES string of the molecule is Brc1cccc(OCCN2CCCN(c3nccs3)CC2)c1. The minimum Gasteiger partial charge on any atom is -0.492 e. The molecule has 22 heavy (non-hydrogen) atoms. The Morgan fingerprint density at radius 3 is 3.00 bits per heavy atom. The molecule has 0 unspecified atom stereocenters. The van der Waals surface area contributed by atoms with E-state index < -0.39 is 0 Å². The Morgan fingerprint density at radius 2 is 2.18 bits per heavy atom. The summed E-state index contributed by atoms with van der Waals surface area (Å²) in [7, 11) is 0. The minimum atomic E-state index is 0.730. The maximum absolute atomic E-state index is 5.83. The number of rotatable bonds is 5. The second-order valence-corrected chi connectivity index (χ2v) is 7.09. The molecule has 1 aromatic heterocycles. The highest BCUT2D eigenvalue weighted by Crippen LogP contribution is 2.19. The van der Waals surface area contributed by atoms with Crippen LogP contribution in [0.5, 0.6) is 5.75 Å². The van der Waals surface area contributed by atoms with Crippen LogP contribution in [0.25, 0.3) is 0 Å². The van der Waals surface area contributed by atoms with Crippen molar-refractivity contribution in [2.45, 2.75) is 6.42 Å². The van der Waals surface area contributed by atoms with Crippen LogP contribution in [0.2, 0.25) is 0 Å². The lowest BCUT2D eigenvalue weighted by Gasteiger charge is -2.21. The number of aromatic nitrogens is 1. The smallest absolute Gasteiger partial charge is 0.185 e. The predicted octanol–water partition coefficient (Wildman–Crippen LogP) is 3.50. The second-order valence-electron chi connectivity index (χ2n) is 5.30. The highest BCUT2D eigenvalue weighted by Gasteiger charge is 2.16.